The molecule has 0 bridgehead atoms. The van der Waals surface area contributed by atoms with Crippen LogP contribution in [0, 0.1) is 11.8 Å². The van der Waals surface area contributed by atoms with Crippen LogP contribution in [0.5, 0.6) is 5.75 Å². The van der Waals surface area contributed by atoms with Gasteiger partial charge in [-0.3, -0.25) is 25.6 Å². The highest BCUT2D eigenvalue weighted by Crippen LogP contribution is 2.17. The van der Waals surface area contributed by atoms with E-state index in [1.807, 2.05) is 0 Å². The minimum atomic E-state index is -0.570. The first-order valence-corrected chi connectivity index (χ1v) is 9.08. The fraction of sp³-hybridized carbons (Fsp3) is 0.500. The number of carbonyl (C=O) groups is 2. The minimum Gasteiger partial charge on any atom is -0.497 e. The molecule has 0 aliphatic rings. The number of hydrogen-bond acceptors (Lipinski definition) is 8. The van der Waals surface area contributed by atoms with Gasteiger partial charge in [0.1, 0.15) is 11.3 Å². The Morgan fingerprint density at radius 2 is 2.07 bits per heavy atom. The van der Waals surface area contributed by atoms with E-state index < -0.39 is 5.92 Å². The van der Waals surface area contributed by atoms with Gasteiger partial charge in [-0.25, -0.2) is 10.0 Å². The summed E-state index contributed by atoms with van der Waals surface area (Å²) in [5, 5.41) is 17.9. The molecule has 0 fully saturated rings. The second-order valence-electron chi connectivity index (χ2n) is 6.85. The number of benzene rings is 1. The molecule has 1 aromatic heterocycles. The molecule has 10 nitrogen and oxygen atoms in total. The zero-order valence-electron chi connectivity index (χ0n) is 16.3. The van der Waals surface area contributed by atoms with Crippen LogP contribution in [-0.4, -0.2) is 51.4 Å². The van der Waals surface area contributed by atoms with Crippen LogP contribution in [0.15, 0.2) is 18.2 Å². The summed E-state index contributed by atoms with van der Waals surface area (Å²) in [6, 6.07) is 5.19. The lowest BCUT2D eigenvalue weighted by atomic mass is 9.97. The van der Waals surface area contributed by atoms with Crippen LogP contribution in [0.3, 0.4) is 0 Å². The van der Waals surface area contributed by atoms with E-state index in [0.717, 1.165) is 12.8 Å². The number of nitrogens with one attached hydrogen (secondary N) is 2. The molecule has 1 atom stereocenters. The van der Waals surface area contributed by atoms with Gasteiger partial charge in [0.15, 0.2) is 0 Å². The molecule has 1 aromatic carbocycles. The van der Waals surface area contributed by atoms with Crippen LogP contribution >= 0.6 is 0 Å². The predicted octanol–water partition coefficient (Wildman–Crippen LogP) is 1.77. The molecule has 3 N–H and O–H groups in total. The largest absolute Gasteiger partial charge is 0.497 e. The predicted molar refractivity (Wildman–Crippen MR) is 102 cm³/mol. The second kappa shape index (κ2) is 10.4. The molecule has 2 rings (SSSR count). The number of anilines is 1. The molecule has 10 heteroatoms. The highest BCUT2D eigenvalue weighted by atomic mass is 16.5. The van der Waals surface area contributed by atoms with E-state index in [0.29, 0.717) is 34.2 Å². The molecule has 0 aliphatic heterocycles. The molecule has 152 valence electrons. The third-order valence-corrected chi connectivity index (χ3v) is 4.19. The van der Waals surface area contributed by atoms with E-state index in [9.17, 15) is 14.8 Å². The second-order valence-corrected chi connectivity index (χ2v) is 6.85. The fourth-order valence-electron chi connectivity index (χ4n) is 2.66. The van der Waals surface area contributed by atoms with Crippen LogP contribution in [0.2, 0.25) is 0 Å². The number of amides is 2. The van der Waals surface area contributed by atoms with E-state index in [4.69, 9.17) is 4.74 Å². The first kappa shape index (κ1) is 21.3. The summed E-state index contributed by atoms with van der Waals surface area (Å²) in [4.78, 5) is 27.4. The van der Waals surface area contributed by atoms with Crippen molar-refractivity contribution in [3.63, 3.8) is 0 Å². The third kappa shape index (κ3) is 6.31. The normalized spacial score (nSPS) is 11.9. The maximum absolute atomic E-state index is 12.5. The van der Waals surface area contributed by atoms with Crippen molar-refractivity contribution >= 4 is 29.3 Å². The summed E-state index contributed by atoms with van der Waals surface area (Å²) in [6.07, 6.45) is 2.57. The fourth-order valence-corrected chi connectivity index (χ4v) is 2.66. The molecular weight excluding hydrogens is 364 g/mol. The molecular formula is C18H26N6O4. The summed E-state index contributed by atoms with van der Waals surface area (Å²) in [5.74, 6) is 0.338. The molecule has 0 saturated carbocycles. The Morgan fingerprint density at radius 1 is 1.29 bits per heavy atom. The number of nitrogens with zero attached hydrogens (tertiary/aromatic N) is 4. The molecule has 0 saturated heterocycles. The Bertz CT molecular complexity index is 801. The highest BCUT2D eigenvalue weighted by molar-refractivity contribution is 5.80. The van der Waals surface area contributed by atoms with Crippen molar-refractivity contribution < 1.29 is 19.5 Å². The maximum atomic E-state index is 12.5. The average molecular weight is 390 g/mol. The summed E-state index contributed by atoms with van der Waals surface area (Å²) < 4.78 is 5.13. The lowest BCUT2D eigenvalue weighted by Crippen LogP contribution is -2.40. The number of hydrazine groups is 1. The standard InChI is InChI=1S/C18H26N6O4/c1-12(2)5-4-6-13(10-24(27)11-25)17(26)21-23-18-19-15-8-7-14(28-3)9-16(15)20-22-18/h7-9,11-13,27H,4-6,10H2,1-3H3,(H,21,26)(H,19,22,23)/t13-/m1/s1. The Balaban J connectivity index is 1.99. The molecule has 0 radical (unpaired) electrons. The Kier molecular flexibility index (Phi) is 7.88. The number of carbonyl (C=O) groups excluding carboxylic acids is 2. The zero-order chi connectivity index (χ0) is 20.5. The van der Waals surface area contributed by atoms with Gasteiger partial charge in [0.25, 0.3) is 5.95 Å². The number of fused-ring (bicyclic) bond motifs is 1. The zero-order valence-corrected chi connectivity index (χ0v) is 16.3. The smallest absolute Gasteiger partial charge is 0.262 e. The van der Waals surface area contributed by atoms with Crippen molar-refractivity contribution in [2.75, 3.05) is 19.1 Å². The summed E-state index contributed by atoms with van der Waals surface area (Å²) in [7, 11) is 1.56. The number of methoxy groups -OCH3 is 1. The number of aromatic nitrogens is 3. The molecule has 2 amide bonds. The van der Waals surface area contributed by atoms with Crippen LogP contribution in [0.25, 0.3) is 11.0 Å². The Morgan fingerprint density at radius 3 is 2.75 bits per heavy atom. The van der Waals surface area contributed by atoms with Gasteiger partial charge >= 0.3 is 0 Å². The van der Waals surface area contributed by atoms with Gasteiger partial charge in [0.05, 0.1) is 25.1 Å². The van der Waals surface area contributed by atoms with Gasteiger partial charge < -0.3 is 4.74 Å². The molecule has 0 aliphatic carbocycles. The van der Waals surface area contributed by atoms with Crippen molar-refractivity contribution in [3.05, 3.63) is 18.2 Å². The van der Waals surface area contributed by atoms with Crippen LogP contribution in [-0.2, 0) is 9.59 Å². The lowest BCUT2D eigenvalue weighted by molar-refractivity contribution is -0.154. The molecule has 0 spiro atoms. The first-order chi connectivity index (χ1) is 13.4. The van der Waals surface area contributed by atoms with Crippen molar-refractivity contribution in [1.82, 2.24) is 25.7 Å². The van der Waals surface area contributed by atoms with Crippen LogP contribution < -0.4 is 15.6 Å². The van der Waals surface area contributed by atoms with E-state index in [-0.39, 0.29) is 24.8 Å². The summed E-state index contributed by atoms with van der Waals surface area (Å²) in [5.41, 5.74) is 6.30. The summed E-state index contributed by atoms with van der Waals surface area (Å²) >= 11 is 0. The van der Waals surface area contributed by atoms with Crippen LogP contribution in [0.1, 0.15) is 33.1 Å². The molecule has 28 heavy (non-hydrogen) atoms. The quantitative estimate of drug-likeness (QED) is 0.301. The van der Waals surface area contributed by atoms with E-state index >= 15 is 0 Å². The van der Waals surface area contributed by atoms with Crippen molar-refractivity contribution in [3.8, 4) is 5.75 Å². The number of hydrogen-bond donors (Lipinski definition) is 3. The third-order valence-electron chi connectivity index (χ3n) is 4.19. The lowest BCUT2D eigenvalue weighted by Gasteiger charge is -2.20. The van der Waals surface area contributed by atoms with Gasteiger partial charge in [-0.05, 0) is 24.5 Å². The van der Waals surface area contributed by atoms with E-state index in [1.54, 1.807) is 25.3 Å². The first-order valence-electron chi connectivity index (χ1n) is 9.08. The number of rotatable bonds is 11. The van der Waals surface area contributed by atoms with Gasteiger partial charge in [-0.1, -0.05) is 26.7 Å². The summed E-state index contributed by atoms with van der Waals surface area (Å²) in [6.45, 7) is 4.10. The topological polar surface area (TPSA) is 130 Å². The van der Waals surface area contributed by atoms with E-state index in [2.05, 4.69) is 39.9 Å². The monoisotopic (exact) mass is 390 g/mol. The van der Waals surface area contributed by atoms with Gasteiger partial charge in [-0.2, -0.15) is 0 Å². The van der Waals surface area contributed by atoms with Crippen molar-refractivity contribution in [1.29, 1.82) is 0 Å². The number of hydroxylamine groups is 2. The molecule has 1 heterocycles. The number of ether oxygens (including phenoxy) is 1. The van der Waals surface area contributed by atoms with E-state index in [1.165, 1.54) is 0 Å². The highest BCUT2D eigenvalue weighted by Gasteiger charge is 2.21. The van der Waals surface area contributed by atoms with Gasteiger partial charge in [0.2, 0.25) is 12.3 Å². The SMILES string of the molecule is COc1ccc2nc(NNC(=O)[C@H](CCCC(C)C)CN(O)C=O)nnc2c1. The Hall–Kier alpha value is -3.01. The van der Waals surface area contributed by atoms with Crippen molar-refractivity contribution in [2.45, 2.75) is 33.1 Å². The Labute approximate surface area is 163 Å². The van der Waals surface area contributed by atoms with Gasteiger partial charge in [0, 0.05) is 6.07 Å². The average Bonchev–Trinajstić information content (AvgIpc) is 2.70. The minimum absolute atomic E-state index is 0.0915. The maximum Gasteiger partial charge on any atom is 0.262 e. The molecule has 2 aromatic rings. The molecule has 0 unspecified atom stereocenters. The van der Waals surface area contributed by atoms with Gasteiger partial charge in [-0.15, -0.1) is 10.2 Å². The van der Waals surface area contributed by atoms with Crippen LogP contribution in [0.4, 0.5) is 5.95 Å². The van der Waals surface area contributed by atoms with Crippen molar-refractivity contribution in [2.24, 2.45) is 11.8 Å².